The van der Waals surface area contributed by atoms with Crippen molar-refractivity contribution >= 4 is 5.78 Å². The van der Waals surface area contributed by atoms with Crippen LogP contribution in [0, 0.1) is 11.3 Å². The fourth-order valence-corrected chi connectivity index (χ4v) is 3.77. The molecule has 2 saturated carbocycles. The second kappa shape index (κ2) is 4.07. The zero-order valence-corrected chi connectivity index (χ0v) is 10.8. The molecule has 0 aromatic carbocycles. The van der Waals surface area contributed by atoms with Crippen LogP contribution in [-0.4, -0.2) is 29.9 Å². The van der Waals surface area contributed by atoms with Crippen molar-refractivity contribution in [3.8, 4) is 0 Å². The molecule has 0 bridgehead atoms. The van der Waals surface area contributed by atoms with E-state index in [-0.39, 0.29) is 11.2 Å². The van der Waals surface area contributed by atoms with Gasteiger partial charge in [-0.1, -0.05) is 6.92 Å². The first-order valence-corrected chi connectivity index (χ1v) is 6.76. The van der Waals surface area contributed by atoms with Crippen molar-refractivity contribution in [2.75, 3.05) is 13.2 Å². The Hall–Kier alpha value is -0.870. The van der Waals surface area contributed by atoms with E-state index in [0.717, 1.165) is 31.9 Å². The Bertz CT molecular complexity index is 395. The van der Waals surface area contributed by atoms with Crippen LogP contribution in [0.4, 0.5) is 0 Å². The standard InChI is InChI=1S/C14H20O4/c1-13-4-5-14(17-6-7-18-14)8-11(13)3-2-10(9-15)12(13)16/h9,11,15H,2-8H2,1H3/b10-9+/t11-,13-/m0/s1. The predicted molar refractivity (Wildman–Crippen MR) is 65.0 cm³/mol. The largest absolute Gasteiger partial charge is 0.515 e. The molecule has 1 heterocycles. The van der Waals surface area contributed by atoms with Crippen LogP contribution in [0.25, 0.3) is 0 Å². The third-order valence-corrected chi connectivity index (χ3v) is 5.03. The number of aliphatic hydroxyl groups is 1. The van der Waals surface area contributed by atoms with E-state index in [0.29, 0.717) is 31.1 Å². The number of ether oxygens (including phenoxy) is 2. The molecule has 1 aliphatic heterocycles. The van der Waals surface area contributed by atoms with Gasteiger partial charge in [0.1, 0.15) is 0 Å². The molecule has 0 amide bonds. The van der Waals surface area contributed by atoms with Crippen LogP contribution < -0.4 is 0 Å². The number of aliphatic hydroxyl groups excluding tert-OH is 1. The highest BCUT2D eigenvalue weighted by Gasteiger charge is 2.54. The van der Waals surface area contributed by atoms with Crippen molar-refractivity contribution in [1.29, 1.82) is 0 Å². The minimum absolute atomic E-state index is 0.120. The van der Waals surface area contributed by atoms with Gasteiger partial charge in [-0.2, -0.15) is 0 Å². The maximum Gasteiger partial charge on any atom is 0.168 e. The third-order valence-electron chi connectivity index (χ3n) is 5.03. The van der Waals surface area contributed by atoms with Gasteiger partial charge >= 0.3 is 0 Å². The molecule has 2 aliphatic carbocycles. The van der Waals surface area contributed by atoms with Crippen LogP contribution in [0.3, 0.4) is 0 Å². The monoisotopic (exact) mass is 252 g/mol. The second-order valence-corrected chi connectivity index (χ2v) is 5.95. The normalized spacial score (nSPS) is 41.3. The topological polar surface area (TPSA) is 55.8 Å². The lowest BCUT2D eigenvalue weighted by Gasteiger charge is -2.49. The van der Waals surface area contributed by atoms with E-state index in [1.807, 2.05) is 6.92 Å². The molecule has 1 saturated heterocycles. The first-order chi connectivity index (χ1) is 8.60. The number of allylic oxidation sites excluding steroid dienone is 1. The van der Waals surface area contributed by atoms with Gasteiger partial charge < -0.3 is 14.6 Å². The molecule has 0 radical (unpaired) electrons. The van der Waals surface area contributed by atoms with Gasteiger partial charge in [0.15, 0.2) is 11.6 Å². The molecule has 100 valence electrons. The molecule has 0 aromatic rings. The number of hydrogen-bond donors (Lipinski definition) is 1. The van der Waals surface area contributed by atoms with E-state index in [1.165, 1.54) is 0 Å². The smallest absolute Gasteiger partial charge is 0.168 e. The summed E-state index contributed by atoms with van der Waals surface area (Å²) < 4.78 is 11.5. The number of Topliss-reactive ketones (excluding diaryl/α,β-unsaturated/α-hetero) is 1. The Morgan fingerprint density at radius 1 is 1.33 bits per heavy atom. The summed E-state index contributed by atoms with van der Waals surface area (Å²) in [5.41, 5.74) is 0.242. The van der Waals surface area contributed by atoms with E-state index < -0.39 is 5.79 Å². The van der Waals surface area contributed by atoms with Gasteiger partial charge in [0.05, 0.1) is 19.5 Å². The minimum atomic E-state index is -0.426. The second-order valence-electron chi connectivity index (χ2n) is 5.95. The molecule has 3 rings (SSSR count). The zero-order chi connectivity index (χ0) is 12.8. The summed E-state index contributed by atoms with van der Waals surface area (Å²) in [6.07, 6.45) is 4.98. The van der Waals surface area contributed by atoms with Gasteiger partial charge in [0.2, 0.25) is 0 Å². The van der Waals surface area contributed by atoms with E-state index in [1.54, 1.807) is 0 Å². The van der Waals surface area contributed by atoms with Gasteiger partial charge in [-0.25, -0.2) is 0 Å². The molecular formula is C14H20O4. The first-order valence-electron chi connectivity index (χ1n) is 6.76. The Labute approximate surface area is 107 Å². The van der Waals surface area contributed by atoms with Crippen LogP contribution in [0.2, 0.25) is 0 Å². The summed E-state index contributed by atoms with van der Waals surface area (Å²) in [6.45, 7) is 3.36. The van der Waals surface area contributed by atoms with Crippen LogP contribution >= 0.6 is 0 Å². The molecule has 0 aromatic heterocycles. The predicted octanol–water partition coefficient (Wildman–Crippen LogP) is 2.34. The average Bonchev–Trinajstić information content (AvgIpc) is 2.82. The lowest BCUT2D eigenvalue weighted by Crippen LogP contribution is -2.50. The summed E-state index contributed by atoms with van der Waals surface area (Å²) in [4.78, 5) is 12.4. The molecule has 3 fully saturated rings. The first kappa shape index (κ1) is 12.2. The van der Waals surface area contributed by atoms with Crippen molar-refractivity contribution in [3.05, 3.63) is 11.8 Å². The van der Waals surface area contributed by atoms with Gasteiger partial charge in [-0.05, 0) is 25.2 Å². The molecule has 4 heteroatoms. The maximum absolute atomic E-state index is 12.4. The summed E-state index contributed by atoms with van der Waals surface area (Å²) in [6, 6.07) is 0. The zero-order valence-electron chi connectivity index (χ0n) is 10.8. The quantitative estimate of drug-likeness (QED) is 0.531. The van der Waals surface area contributed by atoms with E-state index in [9.17, 15) is 4.79 Å². The lowest BCUT2D eigenvalue weighted by atomic mass is 9.57. The van der Waals surface area contributed by atoms with Crippen molar-refractivity contribution in [1.82, 2.24) is 0 Å². The molecular weight excluding hydrogens is 232 g/mol. The highest BCUT2D eigenvalue weighted by Crippen LogP contribution is 2.54. The molecule has 2 atom stereocenters. The van der Waals surface area contributed by atoms with Crippen LogP contribution in [0.1, 0.15) is 39.0 Å². The summed E-state index contributed by atoms with van der Waals surface area (Å²) >= 11 is 0. The summed E-state index contributed by atoms with van der Waals surface area (Å²) in [5, 5.41) is 9.14. The SMILES string of the molecule is C[C@]12CCC3(C[C@@H]1CC/C(=C\O)C2=O)OCCO3. The molecule has 3 aliphatic rings. The fraction of sp³-hybridized carbons (Fsp3) is 0.786. The minimum Gasteiger partial charge on any atom is -0.515 e. The van der Waals surface area contributed by atoms with Crippen molar-refractivity contribution < 1.29 is 19.4 Å². The Morgan fingerprint density at radius 2 is 2.06 bits per heavy atom. The van der Waals surface area contributed by atoms with E-state index >= 15 is 0 Å². The fourth-order valence-electron chi connectivity index (χ4n) is 3.77. The highest BCUT2D eigenvalue weighted by molar-refractivity contribution is 6.00. The van der Waals surface area contributed by atoms with Crippen molar-refractivity contribution in [2.24, 2.45) is 11.3 Å². The van der Waals surface area contributed by atoms with Crippen molar-refractivity contribution in [3.63, 3.8) is 0 Å². The number of carbonyl (C=O) groups is 1. The molecule has 0 unspecified atom stereocenters. The van der Waals surface area contributed by atoms with E-state index in [4.69, 9.17) is 14.6 Å². The lowest BCUT2D eigenvalue weighted by molar-refractivity contribution is -0.207. The maximum atomic E-state index is 12.4. The van der Waals surface area contributed by atoms with Crippen LogP contribution in [-0.2, 0) is 14.3 Å². The molecule has 1 N–H and O–H groups in total. The number of fused-ring (bicyclic) bond motifs is 1. The van der Waals surface area contributed by atoms with Gasteiger partial charge in [-0.15, -0.1) is 0 Å². The highest BCUT2D eigenvalue weighted by atomic mass is 16.7. The summed E-state index contributed by atoms with van der Waals surface area (Å²) in [5.74, 6) is -0.000106. The van der Waals surface area contributed by atoms with Crippen LogP contribution in [0.15, 0.2) is 11.8 Å². The van der Waals surface area contributed by atoms with Gasteiger partial charge in [0, 0.05) is 23.8 Å². The number of rotatable bonds is 0. The Morgan fingerprint density at radius 3 is 2.72 bits per heavy atom. The van der Waals surface area contributed by atoms with Gasteiger partial charge in [-0.3, -0.25) is 4.79 Å². The summed E-state index contributed by atoms with van der Waals surface area (Å²) in [7, 11) is 0. The third kappa shape index (κ3) is 1.62. The Kier molecular flexibility index (Phi) is 2.75. The number of hydrogen-bond acceptors (Lipinski definition) is 4. The molecule has 18 heavy (non-hydrogen) atoms. The van der Waals surface area contributed by atoms with Crippen molar-refractivity contribution in [2.45, 2.75) is 44.8 Å². The van der Waals surface area contributed by atoms with E-state index in [2.05, 4.69) is 0 Å². The average molecular weight is 252 g/mol. The molecule has 1 spiro atoms. The molecule has 4 nitrogen and oxygen atoms in total. The Balaban J connectivity index is 1.84. The van der Waals surface area contributed by atoms with Gasteiger partial charge in [0.25, 0.3) is 0 Å². The number of ketones is 1. The van der Waals surface area contributed by atoms with Crippen LogP contribution in [0.5, 0.6) is 0 Å². The number of carbonyl (C=O) groups excluding carboxylic acids is 1.